The quantitative estimate of drug-likeness (QED) is 0.549. The normalized spacial score (nSPS) is 14.7. The number of hydrogen-bond donors (Lipinski definition) is 1. The average Bonchev–Trinajstić information content (AvgIpc) is 3.51. The largest absolute Gasteiger partial charge is 0.352 e. The fourth-order valence-electron chi connectivity index (χ4n) is 4.00. The van der Waals surface area contributed by atoms with Crippen molar-refractivity contribution in [3.05, 3.63) is 65.7 Å². The summed E-state index contributed by atoms with van der Waals surface area (Å²) in [6.07, 6.45) is 4.01. The summed E-state index contributed by atoms with van der Waals surface area (Å²) in [5, 5.41) is 15.1. The Labute approximate surface area is 196 Å². The highest BCUT2D eigenvalue weighted by Gasteiger charge is 2.29. The van der Waals surface area contributed by atoms with Crippen LogP contribution in [0.5, 0.6) is 0 Å². The predicted molar refractivity (Wildman–Crippen MR) is 120 cm³/mol. The second kappa shape index (κ2) is 10.5. The van der Waals surface area contributed by atoms with Crippen molar-refractivity contribution in [1.29, 1.82) is 0 Å². The topological polar surface area (TPSA) is 93.0 Å². The maximum Gasteiger partial charge on any atom is 0.247 e. The standard InChI is InChI=1S/C24H26F2N6O2/c1-16(24(34)27-21-4-2-3-5-21)31(14-17-6-10-19(25)11-7-17)22(33)15-32-29-23(28-30-32)18-8-12-20(26)13-9-18/h6-13,16,21H,2-5,14-15H2,1H3,(H,27,34)/t16-/m0/s1. The number of nitrogens with one attached hydrogen (secondary N) is 1. The monoisotopic (exact) mass is 468 g/mol. The van der Waals surface area contributed by atoms with Crippen LogP contribution in [-0.2, 0) is 22.7 Å². The number of carbonyl (C=O) groups is 2. The molecule has 0 spiro atoms. The maximum absolute atomic E-state index is 13.4. The van der Waals surface area contributed by atoms with Gasteiger partial charge in [-0.25, -0.2) is 8.78 Å². The Hall–Kier alpha value is -3.69. The number of tetrazole rings is 1. The molecule has 0 radical (unpaired) electrons. The highest BCUT2D eigenvalue weighted by atomic mass is 19.1. The SMILES string of the molecule is C[C@@H](C(=O)NC1CCCC1)N(Cc1ccc(F)cc1)C(=O)Cn1nnc(-c2ccc(F)cc2)n1. The summed E-state index contributed by atoms with van der Waals surface area (Å²) in [6.45, 7) is 1.55. The first-order valence-corrected chi connectivity index (χ1v) is 11.3. The third-order valence-corrected chi connectivity index (χ3v) is 5.97. The van der Waals surface area contributed by atoms with Crippen LogP contribution in [0.1, 0.15) is 38.2 Å². The van der Waals surface area contributed by atoms with Crippen molar-refractivity contribution < 1.29 is 18.4 Å². The molecule has 1 heterocycles. The molecule has 0 aliphatic heterocycles. The summed E-state index contributed by atoms with van der Waals surface area (Å²) in [5.74, 6) is -1.13. The number of amides is 2. The third-order valence-electron chi connectivity index (χ3n) is 5.97. The lowest BCUT2D eigenvalue weighted by molar-refractivity contribution is -0.141. The number of hydrogen-bond acceptors (Lipinski definition) is 5. The van der Waals surface area contributed by atoms with Gasteiger partial charge < -0.3 is 10.2 Å². The Morgan fingerprint density at radius 3 is 2.32 bits per heavy atom. The van der Waals surface area contributed by atoms with E-state index in [0.717, 1.165) is 30.5 Å². The molecular weight excluding hydrogens is 442 g/mol. The number of rotatable bonds is 8. The molecule has 1 N–H and O–H groups in total. The van der Waals surface area contributed by atoms with Crippen LogP contribution in [-0.4, -0.2) is 49.0 Å². The van der Waals surface area contributed by atoms with Crippen molar-refractivity contribution in [3.63, 3.8) is 0 Å². The Kier molecular flexibility index (Phi) is 7.24. The van der Waals surface area contributed by atoms with Crippen molar-refractivity contribution >= 4 is 11.8 Å². The van der Waals surface area contributed by atoms with Gasteiger partial charge in [-0.3, -0.25) is 9.59 Å². The number of aromatic nitrogens is 4. The Bertz CT molecular complexity index is 1130. The lowest BCUT2D eigenvalue weighted by atomic mass is 10.1. The molecule has 1 fully saturated rings. The number of benzene rings is 2. The minimum absolute atomic E-state index is 0.118. The Morgan fingerprint density at radius 1 is 1.06 bits per heavy atom. The van der Waals surface area contributed by atoms with E-state index in [1.165, 1.54) is 41.3 Å². The molecule has 1 saturated carbocycles. The molecule has 0 saturated heterocycles. The zero-order valence-electron chi connectivity index (χ0n) is 18.8. The average molecular weight is 469 g/mol. The molecule has 0 bridgehead atoms. The van der Waals surface area contributed by atoms with E-state index in [2.05, 4.69) is 20.7 Å². The maximum atomic E-state index is 13.4. The van der Waals surface area contributed by atoms with Gasteiger partial charge >= 0.3 is 0 Å². The first-order valence-electron chi connectivity index (χ1n) is 11.3. The molecular formula is C24H26F2N6O2. The van der Waals surface area contributed by atoms with E-state index in [1.807, 2.05) is 0 Å². The highest BCUT2D eigenvalue weighted by Crippen LogP contribution is 2.19. The Balaban J connectivity index is 1.50. The van der Waals surface area contributed by atoms with Crippen LogP contribution in [0.25, 0.3) is 11.4 Å². The number of nitrogens with zero attached hydrogens (tertiary/aromatic N) is 5. The van der Waals surface area contributed by atoms with Crippen LogP contribution in [0.3, 0.4) is 0 Å². The van der Waals surface area contributed by atoms with Crippen molar-refractivity contribution in [2.45, 2.75) is 57.8 Å². The van der Waals surface area contributed by atoms with Crippen LogP contribution in [0.2, 0.25) is 0 Å². The van der Waals surface area contributed by atoms with Gasteiger partial charge in [0.1, 0.15) is 24.2 Å². The molecule has 34 heavy (non-hydrogen) atoms. The Morgan fingerprint density at radius 2 is 1.68 bits per heavy atom. The summed E-state index contributed by atoms with van der Waals surface area (Å²) in [4.78, 5) is 28.7. The fraction of sp³-hybridized carbons (Fsp3) is 0.375. The van der Waals surface area contributed by atoms with E-state index >= 15 is 0 Å². The molecule has 178 valence electrons. The highest BCUT2D eigenvalue weighted by molar-refractivity contribution is 5.87. The molecule has 0 unspecified atom stereocenters. The van der Waals surface area contributed by atoms with Gasteiger partial charge in [-0.15, -0.1) is 10.2 Å². The van der Waals surface area contributed by atoms with E-state index in [9.17, 15) is 18.4 Å². The van der Waals surface area contributed by atoms with Crippen LogP contribution in [0.15, 0.2) is 48.5 Å². The molecule has 8 nitrogen and oxygen atoms in total. The first-order chi connectivity index (χ1) is 16.4. The van der Waals surface area contributed by atoms with E-state index in [1.54, 1.807) is 19.1 Å². The van der Waals surface area contributed by atoms with Gasteiger partial charge in [-0.05, 0) is 66.9 Å². The van der Waals surface area contributed by atoms with Crippen molar-refractivity contribution in [3.8, 4) is 11.4 Å². The summed E-state index contributed by atoms with van der Waals surface area (Å²) in [6, 6.07) is 10.8. The van der Waals surface area contributed by atoms with E-state index in [-0.39, 0.29) is 48.4 Å². The molecule has 4 rings (SSSR count). The zero-order valence-corrected chi connectivity index (χ0v) is 18.8. The van der Waals surface area contributed by atoms with Gasteiger partial charge in [0.2, 0.25) is 17.6 Å². The molecule has 3 aromatic rings. The van der Waals surface area contributed by atoms with Crippen LogP contribution < -0.4 is 5.32 Å². The predicted octanol–water partition coefficient (Wildman–Crippen LogP) is 3.09. The molecule has 1 atom stereocenters. The van der Waals surface area contributed by atoms with E-state index in [4.69, 9.17) is 0 Å². The van der Waals surface area contributed by atoms with Crippen LogP contribution >= 0.6 is 0 Å². The molecule has 1 aliphatic rings. The molecule has 1 aliphatic carbocycles. The molecule has 2 amide bonds. The summed E-state index contributed by atoms with van der Waals surface area (Å²) >= 11 is 0. The second-order valence-electron chi connectivity index (χ2n) is 8.46. The second-order valence-corrected chi connectivity index (χ2v) is 8.46. The summed E-state index contributed by atoms with van der Waals surface area (Å²) in [7, 11) is 0. The minimum atomic E-state index is -0.752. The summed E-state index contributed by atoms with van der Waals surface area (Å²) in [5.41, 5.74) is 1.25. The lowest BCUT2D eigenvalue weighted by Crippen LogP contribution is -2.50. The lowest BCUT2D eigenvalue weighted by Gasteiger charge is -2.29. The van der Waals surface area contributed by atoms with Crippen molar-refractivity contribution in [1.82, 2.24) is 30.4 Å². The zero-order chi connectivity index (χ0) is 24.1. The summed E-state index contributed by atoms with van der Waals surface area (Å²) < 4.78 is 26.5. The van der Waals surface area contributed by atoms with Crippen molar-refractivity contribution in [2.24, 2.45) is 0 Å². The van der Waals surface area contributed by atoms with Gasteiger partial charge in [0, 0.05) is 18.2 Å². The smallest absolute Gasteiger partial charge is 0.247 e. The van der Waals surface area contributed by atoms with E-state index < -0.39 is 6.04 Å². The number of halogens is 2. The first kappa shape index (κ1) is 23.5. The van der Waals surface area contributed by atoms with Gasteiger partial charge in [-0.1, -0.05) is 25.0 Å². The van der Waals surface area contributed by atoms with Gasteiger partial charge in [-0.2, -0.15) is 4.80 Å². The molecule has 2 aromatic carbocycles. The van der Waals surface area contributed by atoms with Crippen molar-refractivity contribution in [2.75, 3.05) is 0 Å². The fourth-order valence-corrected chi connectivity index (χ4v) is 4.00. The molecule has 1 aromatic heterocycles. The number of carbonyl (C=O) groups excluding carboxylic acids is 2. The van der Waals surface area contributed by atoms with Gasteiger partial charge in [0.25, 0.3) is 0 Å². The van der Waals surface area contributed by atoms with Crippen LogP contribution in [0, 0.1) is 11.6 Å². The van der Waals surface area contributed by atoms with E-state index in [0.29, 0.717) is 11.1 Å². The molecule has 10 heteroatoms. The van der Waals surface area contributed by atoms with Gasteiger partial charge in [0.05, 0.1) is 0 Å². The van der Waals surface area contributed by atoms with Crippen LogP contribution in [0.4, 0.5) is 8.78 Å². The minimum Gasteiger partial charge on any atom is -0.352 e. The van der Waals surface area contributed by atoms with Gasteiger partial charge in [0.15, 0.2) is 0 Å². The third kappa shape index (κ3) is 5.81.